The van der Waals surface area contributed by atoms with Crippen molar-refractivity contribution in [2.45, 2.75) is 39.5 Å². The van der Waals surface area contributed by atoms with Crippen LogP contribution in [0, 0.1) is 5.92 Å². The van der Waals surface area contributed by atoms with Crippen molar-refractivity contribution in [2.24, 2.45) is 5.92 Å². The molecule has 0 radical (unpaired) electrons. The van der Waals surface area contributed by atoms with Gasteiger partial charge < -0.3 is 20.5 Å². The maximum absolute atomic E-state index is 11.9. The highest BCUT2D eigenvalue weighted by molar-refractivity contribution is 5.74. The lowest BCUT2D eigenvalue weighted by atomic mass is 10.0. The Hall–Kier alpha value is -1.59. The van der Waals surface area contributed by atoms with E-state index in [9.17, 15) is 9.90 Å². The van der Waals surface area contributed by atoms with Crippen molar-refractivity contribution in [3.05, 3.63) is 35.4 Å². The zero-order valence-corrected chi connectivity index (χ0v) is 13.1. The maximum atomic E-state index is 11.9. The largest absolute Gasteiger partial charge is 0.394 e. The summed E-state index contributed by atoms with van der Waals surface area (Å²) >= 11 is 0. The summed E-state index contributed by atoms with van der Waals surface area (Å²) in [6.07, 6.45) is 0.754. The number of aliphatic hydroxyl groups excluding tert-OH is 1. The lowest BCUT2D eigenvalue weighted by Gasteiger charge is -2.19. The molecular formula is C16H26N2O3. The molecule has 3 N–H and O–H groups in total. The van der Waals surface area contributed by atoms with Crippen LogP contribution in [0.3, 0.4) is 0 Å². The van der Waals surface area contributed by atoms with E-state index >= 15 is 0 Å². The van der Waals surface area contributed by atoms with Crippen LogP contribution in [0.5, 0.6) is 0 Å². The summed E-state index contributed by atoms with van der Waals surface area (Å²) in [7, 11) is 1.65. The first-order valence-electron chi connectivity index (χ1n) is 7.27. The molecule has 0 saturated carbocycles. The summed E-state index contributed by atoms with van der Waals surface area (Å²) in [5.74, 6) is 0.421. The van der Waals surface area contributed by atoms with Crippen LogP contribution in [0.2, 0.25) is 0 Å². The molecule has 1 atom stereocenters. The minimum absolute atomic E-state index is 0.0497. The lowest BCUT2D eigenvalue weighted by Crippen LogP contribution is -2.44. The third-order valence-corrected chi connectivity index (χ3v) is 3.17. The molecule has 0 saturated heterocycles. The predicted octanol–water partition coefficient (Wildman–Crippen LogP) is 2.04. The number of carbonyl (C=O) groups is 1. The van der Waals surface area contributed by atoms with E-state index in [-0.39, 0.29) is 18.7 Å². The van der Waals surface area contributed by atoms with E-state index in [1.54, 1.807) is 7.11 Å². The van der Waals surface area contributed by atoms with Crippen molar-refractivity contribution in [1.29, 1.82) is 0 Å². The molecule has 0 aliphatic rings. The monoisotopic (exact) mass is 294 g/mol. The summed E-state index contributed by atoms with van der Waals surface area (Å²) in [5.41, 5.74) is 2.08. The van der Waals surface area contributed by atoms with Gasteiger partial charge in [-0.2, -0.15) is 0 Å². The molecule has 0 aromatic heterocycles. The van der Waals surface area contributed by atoms with E-state index in [1.165, 1.54) is 0 Å². The Labute approximate surface area is 126 Å². The normalized spacial score (nSPS) is 12.2. The fourth-order valence-corrected chi connectivity index (χ4v) is 2.19. The number of amides is 2. The van der Waals surface area contributed by atoms with Gasteiger partial charge in [0.25, 0.3) is 0 Å². The van der Waals surface area contributed by atoms with Gasteiger partial charge in [0.1, 0.15) is 0 Å². The first kappa shape index (κ1) is 17.5. The number of hydrogen-bond donors (Lipinski definition) is 3. The van der Waals surface area contributed by atoms with Gasteiger partial charge in [-0.3, -0.25) is 0 Å². The molecule has 1 aromatic carbocycles. The van der Waals surface area contributed by atoms with Crippen molar-refractivity contribution in [1.82, 2.24) is 10.6 Å². The Bertz CT molecular complexity index is 435. The number of nitrogens with one attached hydrogen (secondary N) is 2. The van der Waals surface area contributed by atoms with E-state index in [4.69, 9.17) is 4.74 Å². The zero-order valence-electron chi connectivity index (χ0n) is 13.1. The Morgan fingerprint density at radius 1 is 1.29 bits per heavy atom. The Balaban J connectivity index is 2.49. The van der Waals surface area contributed by atoms with E-state index in [2.05, 4.69) is 24.5 Å². The Morgan fingerprint density at radius 3 is 2.52 bits per heavy atom. The third kappa shape index (κ3) is 6.60. The second-order valence-corrected chi connectivity index (χ2v) is 5.54. The standard InChI is InChI=1S/C16H26N2O3/c1-12(2)8-15(10-19)18-16(20)17-9-13-6-4-5-7-14(13)11-21-3/h4-7,12,15,19H,8-11H2,1-3H3,(H2,17,18,20). The molecule has 0 aliphatic carbocycles. The predicted molar refractivity (Wildman–Crippen MR) is 82.9 cm³/mol. The quantitative estimate of drug-likeness (QED) is 0.687. The molecule has 1 unspecified atom stereocenters. The number of hydrogen-bond acceptors (Lipinski definition) is 3. The topological polar surface area (TPSA) is 70.6 Å². The van der Waals surface area contributed by atoms with Crippen molar-refractivity contribution >= 4 is 6.03 Å². The highest BCUT2D eigenvalue weighted by atomic mass is 16.5. The highest BCUT2D eigenvalue weighted by Gasteiger charge is 2.13. The Kier molecular flexibility index (Phi) is 7.79. The van der Waals surface area contributed by atoms with Crippen molar-refractivity contribution in [2.75, 3.05) is 13.7 Å². The lowest BCUT2D eigenvalue weighted by molar-refractivity contribution is 0.184. The summed E-state index contributed by atoms with van der Waals surface area (Å²) < 4.78 is 5.14. The number of carbonyl (C=O) groups excluding carboxylic acids is 1. The summed E-state index contributed by atoms with van der Waals surface area (Å²) in [6, 6.07) is 7.35. The maximum Gasteiger partial charge on any atom is 0.315 e. The number of ether oxygens (including phenoxy) is 1. The molecule has 0 spiro atoms. The first-order chi connectivity index (χ1) is 10.1. The van der Waals surface area contributed by atoms with Gasteiger partial charge in [-0.1, -0.05) is 38.1 Å². The molecule has 0 fully saturated rings. The van der Waals surface area contributed by atoms with Gasteiger partial charge in [0.05, 0.1) is 19.3 Å². The molecule has 2 amide bonds. The smallest absolute Gasteiger partial charge is 0.315 e. The number of urea groups is 1. The molecule has 5 heteroatoms. The number of rotatable bonds is 8. The second kappa shape index (κ2) is 9.37. The van der Waals surface area contributed by atoms with Gasteiger partial charge in [0.2, 0.25) is 0 Å². The van der Waals surface area contributed by atoms with Gasteiger partial charge in [-0.05, 0) is 23.5 Å². The van der Waals surface area contributed by atoms with E-state index < -0.39 is 0 Å². The van der Waals surface area contributed by atoms with Crippen LogP contribution in [0.4, 0.5) is 4.79 Å². The first-order valence-corrected chi connectivity index (χ1v) is 7.27. The van der Waals surface area contributed by atoms with E-state index in [1.807, 2.05) is 24.3 Å². The van der Waals surface area contributed by atoms with Crippen LogP contribution in [0.25, 0.3) is 0 Å². The minimum atomic E-state index is -0.262. The van der Waals surface area contributed by atoms with Crippen LogP contribution in [-0.4, -0.2) is 30.9 Å². The summed E-state index contributed by atoms with van der Waals surface area (Å²) in [5, 5.41) is 14.9. The molecule has 0 aliphatic heterocycles. The van der Waals surface area contributed by atoms with Gasteiger partial charge in [-0.25, -0.2) is 4.79 Å². The van der Waals surface area contributed by atoms with Crippen molar-refractivity contribution in [3.63, 3.8) is 0 Å². The summed E-state index contributed by atoms with van der Waals surface area (Å²) in [4.78, 5) is 11.9. The molecule has 0 bridgehead atoms. The fourth-order valence-electron chi connectivity index (χ4n) is 2.19. The zero-order chi connectivity index (χ0) is 15.7. The molecule has 0 heterocycles. The molecule has 1 rings (SSSR count). The molecule has 1 aromatic rings. The van der Waals surface area contributed by atoms with Crippen LogP contribution >= 0.6 is 0 Å². The van der Waals surface area contributed by atoms with Crippen LogP contribution in [0.1, 0.15) is 31.4 Å². The van der Waals surface area contributed by atoms with Crippen LogP contribution in [-0.2, 0) is 17.9 Å². The number of benzene rings is 1. The number of aliphatic hydroxyl groups is 1. The van der Waals surface area contributed by atoms with E-state index in [0.29, 0.717) is 19.1 Å². The van der Waals surface area contributed by atoms with Gasteiger partial charge >= 0.3 is 6.03 Å². The molecule has 5 nitrogen and oxygen atoms in total. The second-order valence-electron chi connectivity index (χ2n) is 5.54. The Morgan fingerprint density at radius 2 is 1.95 bits per heavy atom. The SMILES string of the molecule is COCc1ccccc1CNC(=O)NC(CO)CC(C)C. The summed E-state index contributed by atoms with van der Waals surface area (Å²) in [6.45, 7) is 5.02. The molecular weight excluding hydrogens is 268 g/mol. The fraction of sp³-hybridized carbons (Fsp3) is 0.562. The van der Waals surface area contributed by atoms with Gasteiger partial charge in [-0.15, -0.1) is 0 Å². The third-order valence-electron chi connectivity index (χ3n) is 3.17. The van der Waals surface area contributed by atoms with Crippen molar-refractivity contribution < 1.29 is 14.6 Å². The highest BCUT2D eigenvalue weighted by Crippen LogP contribution is 2.09. The van der Waals surface area contributed by atoms with Gasteiger partial charge in [0.15, 0.2) is 0 Å². The van der Waals surface area contributed by atoms with Crippen LogP contribution < -0.4 is 10.6 Å². The average molecular weight is 294 g/mol. The van der Waals surface area contributed by atoms with Crippen molar-refractivity contribution in [3.8, 4) is 0 Å². The minimum Gasteiger partial charge on any atom is -0.394 e. The average Bonchev–Trinajstić information content (AvgIpc) is 2.45. The van der Waals surface area contributed by atoms with Crippen LogP contribution in [0.15, 0.2) is 24.3 Å². The van der Waals surface area contributed by atoms with Gasteiger partial charge in [0, 0.05) is 13.7 Å². The van der Waals surface area contributed by atoms with E-state index in [0.717, 1.165) is 17.5 Å². The molecule has 118 valence electrons. The number of methoxy groups -OCH3 is 1. The molecule has 21 heavy (non-hydrogen) atoms.